The maximum atomic E-state index is 11.8. The number of nitro benzene ring substituents is 1. The van der Waals surface area contributed by atoms with Crippen molar-refractivity contribution in [3.8, 4) is 0 Å². The number of hydrogen-bond donors (Lipinski definition) is 2. The largest absolute Gasteiger partial charge is 0.354 e. The third-order valence-corrected chi connectivity index (χ3v) is 3.41. The number of nitrogens with zero attached hydrogens (tertiary/aromatic N) is 1. The van der Waals surface area contributed by atoms with Crippen molar-refractivity contribution < 1.29 is 9.72 Å². The summed E-state index contributed by atoms with van der Waals surface area (Å²) in [5, 5.41) is 16.8. The van der Waals surface area contributed by atoms with Crippen LogP contribution < -0.4 is 10.6 Å². The summed E-state index contributed by atoms with van der Waals surface area (Å²) in [6.07, 6.45) is 0. The monoisotopic (exact) mass is 357 g/mol. The Balaban J connectivity index is 2.64. The van der Waals surface area contributed by atoms with E-state index in [9.17, 15) is 14.9 Å². The number of amides is 1. The second-order valence-electron chi connectivity index (χ2n) is 5.27. The number of carbonyl (C=O) groups excluding carboxylic acids is 1. The van der Waals surface area contributed by atoms with Crippen LogP contribution in [0.3, 0.4) is 0 Å². The molecule has 0 spiro atoms. The van der Waals surface area contributed by atoms with Crippen molar-refractivity contribution in [3.63, 3.8) is 0 Å². The summed E-state index contributed by atoms with van der Waals surface area (Å²) in [4.78, 5) is 22.4. The summed E-state index contributed by atoms with van der Waals surface area (Å²) >= 11 is 3.29. The van der Waals surface area contributed by atoms with Crippen LogP contribution in [0.4, 0.5) is 5.69 Å². The molecule has 116 valence electrons. The van der Waals surface area contributed by atoms with Crippen LogP contribution >= 0.6 is 15.9 Å². The van der Waals surface area contributed by atoms with E-state index >= 15 is 0 Å². The summed E-state index contributed by atoms with van der Waals surface area (Å²) in [6.45, 7) is 6.64. The second kappa shape index (κ2) is 8.09. The molecule has 0 fully saturated rings. The van der Waals surface area contributed by atoms with Gasteiger partial charge in [0.15, 0.2) is 0 Å². The highest BCUT2D eigenvalue weighted by Gasteiger charge is 2.17. The Morgan fingerprint density at radius 1 is 1.38 bits per heavy atom. The summed E-state index contributed by atoms with van der Waals surface area (Å²) in [5.74, 6) is 0.272. The van der Waals surface area contributed by atoms with Crippen molar-refractivity contribution >= 4 is 27.5 Å². The van der Waals surface area contributed by atoms with Gasteiger partial charge in [0.2, 0.25) is 5.91 Å². The second-order valence-corrected chi connectivity index (χ2v) is 6.19. The molecule has 0 saturated carbocycles. The zero-order chi connectivity index (χ0) is 16.0. The average molecular weight is 358 g/mol. The molecule has 1 rings (SSSR count). The molecule has 0 aliphatic carbocycles. The predicted octanol–water partition coefficient (Wildman–Crippen LogP) is 2.61. The highest BCUT2D eigenvalue weighted by Crippen LogP contribution is 2.22. The van der Waals surface area contributed by atoms with E-state index in [-0.39, 0.29) is 18.1 Å². The molecule has 2 N–H and O–H groups in total. The number of hydrogen-bond acceptors (Lipinski definition) is 4. The number of nitrogens with one attached hydrogen (secondary N) is 2. The van der Waals surface area contributed by atoms with Gasteiger partial charge < -0.3 is 10.6 Å². The van der Waals surface area contributed by atoms with Gasteiger partial charge >= 0.3 is 0 Å². The number of rotatable bonds is 7. The van der Waals surface area contributed by atoms with Gasteiger partial charge in [0.25, 0.3) is 5.69 Å². The highest BCUT2D eigenvalue weighted by molar-refractivity contribution is 9.10. The molecule has 0 aromatic heterocycles. The van der Waals surface area contributed by atoms with Gasteiger partial charge in [-0.2, -0.15) is 0 Å². The molecule has 0 radical (unpaired) electrons. The standard InChI is InChI=1S/C14H20BrN3O3/c1-9(2)7-17-14(19)10(3)16-8-11-6-12(15)4-5-13(11)18(20)21/h4-6,9-10,16H,7-8H2,1-3H3,(H,17,19). The minimum Gasteiger partial charge on any atom is -0.354 e. The van der Waals surface area contributed by atoms with Crippen molar-refractivity contribution in [1.29, 1.82) is 0 Å². The van der Waals surface area contributed by atoms with E-state index in [0.29, 0.717) is 18.0 Å². The molecule has 1 amide bonds. The Morgan fingerprint density at radius 3 is 2.62 bits per heavy atom. The summed E-state index contributed by atoms with van der Waals surface area (Å²) in [6, 6.07) is 4.34. The molecule has 0 bridgehead atoms. The van der Waals surface area contributed by atoms with Crippen molar-refractivity contribution in [1.82, 2.24) is 10.6 Å². The molecular formula is C14H20BrN3O3. The average Bonchev–Trinajstić information content (AvgIpc) is 2.41. The van der Waals surface area contributed by atoms with Crippen molar-refractivity contribution in [3.05, 3.63) is 38.3 Å². The van der Waals surface area contributed by atoms with Crippen LogP contribution in [0.1, 0.15) is 26.3 Å². The van der Waals surface area contributed by atoms with Crippen molar-refractivity contribution in [2.24, 2.45) is 5.92 Å². The van der Waals surface area contributed by atoms with E-state index in [1.54, 1.807) is 19.1 Å². The zero-order valence-corrected chi connectivity index (χ0v) is 13.9. The van der Waals surface area contributed by atoms with Crippen LogP contribution in [0.5, 0.6) is 0 Å². The molecule has 0 heterocycles. The summed E-state index contributed by atoms with van der Waals surface area (Å²) in [5.41, 5.74) is 0.582. The van der Waals surface area contributed by atoms with E-state index < -0.39 is 11.0 Å². The molecule has 1 aromatic rings. The Kier molecular flexibility index (Phi) is 6.77. The van der Waals surface area contributed by atoms with Crippen LogP contribution in [-0.4, -0.2) is 23.4 Å². The normalized spacial score (nSPS) is 12.2. The van der Waals surface area contributed by atoms with Gasteiger partial charge in [0, 0.05) is 29.2 Å². The molecule has 0 aliphatic rings. The highest BCUT2D eigenvalue weighted by atomic mass is 79.9. The maximum absolute atomic E-state index is 11.8. The maximum Gasteiger partial charge on any atom is 0.273 e. The SMILES string of the molecule is CC(C)CNC(=O)C(C)NCc1cc(Br)ccc1[N+](=O)[O-]. The van der Waals surface area contributed by atoms with E-state index in [1.807, 2.05) is 13.8 Å². The number of nitro groups is 1. The first-order valence-electron chi connectivity index (χ1n) is 6.75. The number of halogens is 1. The Bertz CT molecular complexity index is 520. The lowest BCUT2D eigenvalue weighted by Crippen LogP contribution is -2.43. The van der Waals surface area contributed by atoms with Crippen molar-refractivity contribution in [2.45, 2.75) is 33.4 Å². The lowest BCUT2D eigenvalue weighted by Gasteiger charge is -2.15. The molecule has 7 heteroatoms. The van der Waals surface area contributed by atoms with Gasteiger partial charge in [-0.1, -0.05) is 29.8 Å². The van der Waals surface area contributed by atoms with Crippen LogP contribution in [0.2, 0.25) is 0 Å². The number of carbonyl (C=O) groups is 1. The third-order valence-electron chi connectivity index (χ3n) is 2.91. The fourth-order valence-electron chi connectivity index (χ4n) is 1.69. The Morgan fingerprint density at radius 2 is 2.05 bits per heavy atom. The van der Waals surface area contributed by atoms with Crippen LogP contribution in [0.15, 0.2) is 22.7 Å². The number of benzene rings is 1. The molecule has 21 heavy (non-hydrogen) atoms. The lowest BCUT2D eigenvalue weighted by molar-refractivity contribution is -0.385. The first-order valence-corrected chi connectivity index (χ1v) is 7.54. The van der Waals surface area contributed by atoms with Gasteiger partial charge in [-0.25, -0.2) is 0 Å². The van der Waals surface area contributed by atoms with Crippen LogP contribution in [-0.2, 0) is 11.3 Å². The smallest absolute Gasteiger partial charge is 0.273 e. The van der Waals surface area contributed by atoms with E-state index in [0.717, 1.165) is 4.47 Å². The minimum atomic E-state index is -0.424. The quantitative estimate of drug-likeness (QED) is 0.580. The van der Waals surface area contributed by atoms with Gasteiger partial charge in [-0.3, -0.25) is 14.9 Å². The first kappa shape index (κ1) is 17.6. The molecule has 0 aliphatic heterocycles. The molecule has 1 aromatic carbocycles. The fraction of sp³-hybridized carbons (Fsp3) is 0.500. The Hall–Kier alpha value is -1.47. The van der Waals surface area contributed by atoms with Gasteiger partial charge in [-0.15, -0.1) is 0 Å². The third kappa shape index (κ3) is 5.81. The minimum absolute atomic E-state index is 0.0421. The van der Waals surface area contributed by atoms with Crippen LogP contribution in [0.25, 0.3) is 0 Å². The van der Waals surface area contributed by atoms with Gasteiger partial charge in [0.05, 0.1) is 11.0 Å². The van der Waals surface area contributed by atoms with Crippen LogP contribution in [0, 0.1) is 16.0 Å². The fourth-order valence-corrected chi connectivity index (χ4v) is 2.10. The summed E-state index contributed by atoms with van der Waals surface area (Å²) in [7, 11) is 0. The molecule has 1 atom stereocenters. The lowest BCUT2D eigenvalue weighted by atomic mass is 10.1. The zero-order valence-electron chi connectivity index (χ0n) is 12.4. The van der Waals surface area contributed by atoms with E-state index in [1.165, 1.54) is 6.07 Å². The van der Waals surface area contributed by atoms with E-state index in [2.05, 4.69) is 26.6 Å². The van der Waals surface area contributed by atoms with Gasteiger partial charge in [0.1, 0.15) is 0 Å². The summed E-state index contributed by atoms with van der Waals surface area (Å²) < 4.78 is 0.766. The van der Waals surface area contributed by atoms with Gasteiger partial charge in [-0.05, 0) is 25.0 Å². The molecule has 1 unspecified atom stereocenters. The molecule has 6 nitrogen and oxygen atoms in total. The predicted molar refractivity (Wildman–Crippen MR) is 84.9 cm³/mol. The Labute approximate surface area is 132 Å². The molecule has 0 saturated heterocycles. The van der Waals surface area contributed by atoms with Crippen molar-refractivity contribution in [2.75, 3.05) is 6.54 Å². The molecular weight excluding hydrogens is 338 g/mol. The topological polar surface area (TPSA) is 84.3 Å². The van der Waals surface area contributed by atoms with E-state index in [4.69, 9.17) is 0 Å². The first-order chi connectivity index (χ1) is 9.81.